The van der Waals surface area contributed by atoms with Crippen molar-refractivity contribution < 1.29 is 17.9 Å². The van der Waals surface area contributed by atoms with E-state index in [4.69, 9.17) is 10.5 Å². The topological polar surface area (TPSA) is 102 Å². The van der Waals surface area contributed by atoms with Gasteiger partial charge in [-0.1, -0.05) is 0 Å². The molecule has 1 heterocycles. The Morgan fingerprint density at radius 3 is 2.89 bits per heavy atom. The summed E-state index contributed by atoms with van der Waals surface area (Å²) in [6, 6.07) is 4.35. The van der Waals surface area contributed by atoms with Crippen molar-refractivity contribution in [3.63, 3.8) is 0 Å². The SMILES string of the molecule is CN(CCN)S(=O)(=O)c1ccc2c(c1)NC(=O)CO2. The number of nitrogens with zero attached hydrogens (tertiary/aromatic N) is 1. The van der Waals surface area contributed by atoms with E-state index in [0.29, 0.717) is 11.4 Å². The van der Waals surface area contributed by atoms with Crippen molar-refractivity contribution in [1.82, 2.24) is 4.31 Å². The predicted octanol–water partition coefficient (Wildman–Crippen LogP) is -0.403. The monoisotopic (exact) mass is 285 g/mol. The highest BCUT2D eigenvalue weighted by Crippen LogP contribution is 2.30. The molecule has 0 spiro atoms. The van der Waals surface area contributed by atoms with Crippen LogP contribution >= 0.6 is 0 Å². The fourth-order valence-corrected chi connectivity index (χ4v) is 2.92. The van der Waals surface area contributed by atoms with Gasteiger partial charge in [0.2, 0.25) is 10.0 Å². The number of nitrogens with one attached hydrogen (secondary N) is 1. The largest absolute Gasteiger partial charge is 0.482 e. The lowest BCUT2D eigenvalue weighted by Crippen LogP contribution is -2.32. The molecular weight excluding hydrogens is 270 g/mol. The first-order valence-electron chi connectivity index (χ1n) is 5.68. The van der Waals surface area contributed by atoms with E-state index < -0.39 is 10.0 Å². The number of benzene rings is 1. The molecule has 7 nitrogen and oxygen atoms in total. The first-order valence-corrected chi connectivity index (χ1v) is 7.12. The van der Waals surface area contributed by atoms with E-state index in [1.807, 2.05) is 0 Å². The lowest BCUT2D eigenvalue weighted by atomic mass is 10.2. The Morgan fingerprint density at radius 2 is 2.21 bits per heavy atom. The molecule has 0 aromatic heterocycles. The molecule has 1 aliphatic rings. The summed E-state index contributed by atoms with van der Waals surface area (Å²) in [6.07, 6.45) is 0. The molecule has 0 saturated heterocycles. The van der Waals surface area contributed by atoms with Crippen molar-refractivity contribution in [3.8, 4) is 5.75 Å². The van der Waals surface area contributed by atoms with Crippen LogP contribution in [0.3, 0.4) is 0 Å². The zero-order valence-electron chi connectivity index (χ0n) is 10.4. The van der Waals surface area contributed by atoms with Crippen LogP contribution < -0.4 is 15.8 Å². The Kier molecular flexibility index (Phi) is 3.74. The van der Waals surface area contributed by atoms with Gasteiger partial charge in [0, 0.05) is 20.1 Å². The molecule has 1 aliphatic heterocycles. The maximum absolute atomic E-state index is 12.2. The number of amides is 1. The molecule has 1 aromatic carbocycles. The number of rotatable bonds is 4. The number of fused-ring (bicyclic) bond motifs is 1. The van der Waals surface area contributed by atoms with E-state index in [1.165, 1.54) is 29.6 Å². The minimum absolute atomic E-state index is 0.0633. The molecule has 8 heteroatoms. The van der Waals surface area contributed by atoms with Crippen molar-refractivity contribution in [2.45, 2.75) is 4.90 Å². The van der Waals surface area contributed by atoms with Gasteiger partial charge in [-0.15, -0.1) is 0 Å². The zero-order valence-corrected chi connectivity index (χ0v) is 11.2. The summed E-state index contributed by atoms with van der Waals surface area (Å²) in [5, 5.41) is 2.57. The van der Waals surface area contributed by atoms with Crippen molar-refractivity contribution in [2.24, 2.45) is 5.73 Å². The number of hydrogen-bond donors (Lipinski definition) is 2. The summed E-state index contributed by atoms with van der Waals surface area (Å²) < 4.78 is 30.8. The fourth-order valence-electron chi connectivity index (χ4n) is 1.70. The molecule has 0 saturated carbocycles. The molecule has 1 aromatic rings. The quantitative estimate of drug-likeness (QED) is 0.783. The van der Waals surface area contributed by atoms with Crippen LogP contribution in [0, 0.1) is 0 Å². The Morgan fingerprint density at radius 1 is 1.47 bits per heavy atom. The molecule has 3 N–H and O–H groups in total. The molecule has 0 radical (unpaired) electrons. The average Bonchev–Trinajstić information content (AvgIpc) is 2.38. The van der Waals surface area contributed by atoms with Crippen molar-refractivity contribution in [3.05, 3.63) is 18.2 Å². The Bertz CT molecular complexity index is 600. The van der Waals surface area contributed by atoms with E-state index in [-0.39, 0.29) is 30.5 Å². The van der Waals surface area contributed by atoms with E-state index in [0.717, 1.165) is 0 Å². The van der Waals surface area contributed by atoms with Crippen LogP contribution in [-0.4, -0.2) is 45.4 Å². The number of likely N-dealkylation sites (N-methyl/N-ethyl adjacent to an activating group) is 1. The van der Waals surface area contributed by atoms with Crippen LogP contribution in [0.1, 0.15) is 0 Å². The second-order valence-corrected chi connectivity index (χ2v) is 6.15. The maximum Gasteiger partial charge on any atom is 0.262 e. The number of hydrogen-bond acceptors (Lipinski definition) is 5. The summed E-state index contributed by atoms with van der Waals surface area (Å²) >= 11 is 0. The molecule has 0 bridgehead atoms. The highest BCUT2D eigenvalue weighted by molar-refractivity contribution is 7.89. The number of nitrogens with two attached hydrogens (primary N) is 1. The van der Waals surface area contributed by atoms with Gasteiger partial charge >= 0.3 is 0 Å². The van der Waals surface area contributed by atoms with Crippen LogP contribution in [0.4, 0.5) is 5.69 Å². The predicted molar refractivity (Wildman–Crippen MR) is 69.4 cm³/mol. The first kappa shape index (κ1) is 13.8. The second-order valence-electron chi connectivity index (χ2n) is 4.11. The molecule has 2 rings (SSSR count). The summed E-state index contributed by atoms with van der Waals surface area (Å²) in [7, 11) is -2.15. The van der Waals surface area contributed by atoms with E-state index in [2.05, 4.69) is 5.32 Å². The van der Waals surface area contributed by atoms with Crippen molar-refractivity contribution in [2.75, 3.05) is 32.1 Å². The maximum atomic E-state index is 12.2. The van der Waals surface area contributed by atoms with Gasteiger partial charge in [0.15, 0.2) is 6.61 Å². The number of ether oxygens (including phenoxy) is 1. The zero-order chi connectivity index (χ0) is 14.0. The summed E-state index contributed by atoms with van der Waals surface area (Å²) in [4.78, 5) is 11.3. The number of anilines is 1. The standard InChI is InChI=1S/C11H15N3O4S/c1-14(5-4-12)19(16,17)8-2-3-10-9(6-8)13-11(15)7-18-10/h2-3,6H,4-5,7,12H2,1H3,(H,13,15). The minimum atomic E-state index is -3.61. The van der Waals surface area contributed by atoms with Crippen molar-refractivity contribution in [1.29, 1.82) is 0 Å². The highest BCUT2D eigenvalue weighted by Gasteiger charge is 2.23. The first-order chi connectivity index (χ1) is 8.95. The van der Waals surface area contributed by atoms with Crippen LogP contribution in [0.2, 0.25) is 0 Å². The third kappa shape index (κ3) is 2.70. The lowest BCUT2D eigenvalue weighted by molar-refractivity contribution is -0.118. The lowest BCUT2D eigenvalue weighted by Gasteiger charge is -2.20. The smallest absolute Gasteiger partial charge is 0.262 e. The third-order valence-corrected chi connectivity index (χ3v) is 4.59. The summed E-state index contributed by atoms with van der Waals surface area (Å²) in [5.74, 6) is 0.150. The van der Waals surface area contributed by atoms with Gasteiger partial charge in [0.1, 0.15) is 5.75 Å². The Hall–Kier alpha value is -1.64. The Balaban J connectivity index is 2.36. The van der Waals surface area contributed by atoms with E-state index in [9.17, 15) is 13.2 Å². The van der Waals surface area contributed by atoms with Gasteiger partial charge in [-0.25, -0.2) is 8.42 Å². The second kappa shape index (κ2) is 5.16. The summed E-state index contributed by atoms with van der Waals surface area (Å²) in [6.45, 7) is 0.398. The van der Waals surface area contributed by atoms with Crippen LogP contribution in [-0.2, 0) is 14.8 Å². The van der Waals surface area contributed by atoms with E-state index >= 15 is 0 Å². The average molecular weight is 285 g/mol. The molecule has 0 fully saturated rings. The molecule has 104 valence electrons. The molecule has 0 unspecified atom stereocenters. The van der Waals surface area contributed by atoms with Gasteiger partial charge in [0.05, 0.1) is 10.6 Å². The Labute approximate surface area is 111 Å². The molecule has 0 aliphatic carbocycles. The summed E-state index contributed by atoms with van der Waals surface area (Å²) in [5.41, 5.74) is 5.71. The molecule has 1 amide bonds. The number of carbonyl (C=O) groups excluding carboxylic acids is 1. The van der Waals surface area contributed by atoms with Gasteiger partial charge in [-0.2, -0.15) is 4.31 Å². The van der Waals surface area contributed by atoms with Gasteiger partial charge in [-0.3, -0.25) is 4.79 Å². The molecule has 0 atom stereocenters. The van der Waals surface area contributed by atoms with Gasteiger partial charge in [0.25, 0.3) is 5.91 Å². The number of carbonyl (C=O) groups is 1. The number of sulfonamides is 1. The third-order valence-electron chi connectivity index (χ3n) is 2.74. The van der Waals surface area contributed by atoms with Crippen LogP contribution in [0.25, 0.3) is 0 Å². The fraction of sp³-hybridized carbons (Fsp3) is 0.364. The van der Waals surface area contributed by atoms with Crippen molar-refractivity contribution >= 4 is 21.6 Å². The normalized spacial score (nSPS) is 14.8. The minimum Gasteiger partial charge on any atom is -0.482 e. The van der Waals surface area contributed by atoms with Gasteiger partial charge in [-0.05, 0) is 18.2 Å². The van der Waals surface area contributed by atoms with Crippen LogP contribution in [0.15, 0.2) is 23.1 Å². The van der Waals surface area contributed by atoms with Gasteiger partial charge < -0.3 is 15.8 Å². The highest BCUT2D eigenvalue weighted by atomic mass is 32.2. The van der Waals surface area contributed by atoms with Crippen LogP contribution in [0.5, 0.6) is 5.75 Å². The molecule has 19 heavy (non-hydrogen) atoms. The molecular formula is C11H15N3O4S. The van der Waals surface area contributed by atoms with E-state index in [1.54, 1.807) is 0 Å².